The zero-order chi connectivity index (χ0) is 17.4. The third-order valence-corrected chi connectivity index (χ3v) is 5.65. The standard InChI is InChI=1S/C14H14ClN3O4S/c1-9-7-11(18(19)20)8-12(14(9)15)23(21,22)17(3)13-6-4-5-10(2)16-13/h4-8H,1-3H3. The second-order valence-electron chi connectivity index (χ2n) is 4.94. The summed E-state index contributed by atoms with van der Waals surface area (Å²) < 4.78 is 26.5. The first kappa shape index (κ1) is 17.2. The van der Waals surface area contributed by atoms with Crippen molar-refractivity contribution in [2.75, 3.05) is 11.4 Å². The van der Waals surface area contributed by atoms with Gasteiger partial charge in [-0.3, -0.25) is 14.4 Å². The lowest BCUT2D eigenvalue weighted by molar-refractivity contribution is -0.385. The second kappa shape index (κ2) is 6.13. The van der Waals surface area contributed by atoms with Crippen LogP contribution in [-0.2, 0) is 10.0 Å². The van der Waals surface area contributed by atoms with Gasteiger partial charge in [-0.05, 0) is 31.5 Å². The molecule has 23 heavy (non-hydrogen) atoms. The van der Waals surface area contributed by atoms with Gasteiger partial charge in [-0.2, -0.15) is 0 Å². The molecule has 1 aromatic carbocycles. The van der Waals surface area contributed by atoms with Crippen LogP contribution in [-0.4, -0.2) is 25.4 Å². The summed E-state index contributed by atoms with van der Waals surface area (Å²) in [6.45, 7) is 3.24. The number of halogens is 1. The Morgan fingerprint density at radius 2 is 1.91 bits per heavy atom. The number of aryl methyl sites for hydroxylation is 2. The van der Waals surface area contributed by atoms with Crippen molar-refractivity contribution in [3.8, 4) is 0 Å². The summed E-state index contributed by atoms with van der Waals surface area (Å²) in [4.78, 5) is 14.1. The Kier molecular flexibility index (Phi) is 4.58. The Morgan fingerprint density at radius 1 is 1.26 bits per heavy atom. The minimum atomic E-state index is -4.08. The van der Waals surface area contributed by atoms with Gasteiger partial charge in [0.25, 0.3) is 15.7 Å². The Balaban J connectivity index is 2.62. The predicted molar refractivity (Wildman–Crippen MR) is 87.4 cm³/mol. The fraction of sp³-hybridized carbons (Fsp3) is 0.214. The number of pyridine rings is 1. The molecule has 0 unspecified atom stereocenters. The van der Waals surface area contributed by atoms with E-state index in [1.807, 2.05) is 0 Å². The summed E-state index contributed by atoms with van der Waals surface area (Å²) in [6, 6.07) is 7.12. The van der Waals surface area contributed by atoms with E-state index in [-0.39, 0.29) is 21.4 Å². The molecule has 0 aliphatic heterocycles. The van der Waals surface area contributed by atoms with E-state index < -0.39 is 14.9 Å². The SMILES string of the molecule is Cc1cccc(N(C)S(=O)(=O)c2cc([N+](=O)[O-])cc(C)c2Cl)n1. The lowest BCUT2D eigenvalue weighted by Crippen LogP contribution is -2.28. The molecular weight excluding hydrogens is 342 g/mol. The number of nitro benzene ring substituents is 1. The van der Waals surface area contributed by atoms with Crippen molar-refractivity contribution in [3.05, 3.63) is 56.7 Å². The number of nitrogens with zero attached hydrogens (tertiary/aromatic N) is 3. The average molecular weight is 356 g/mol. The molecule has 0 N–H and O–H groups in total. The molecule has 1 heterocycles. The van der Waals surface area contributed by atoms with E-state index in [1.54, 1.807) is 19.1 Å². The van der Waals surface area contributed by atoms with E-state index in [1.165, 1.54) is 26.1 Å². The van der Waals surface area contributed by atoms with Gasteiger partial charge < -0.3 is 0 Å². The smallest absolute Gasteiger partial charge is 0.258 e. The lowest BCUT2D eigenvalue weighted by Gasteiger charge is -2.19. The Bertz CT molecular complexity index is 884. The highest BCUT2D eigenvalue weighted by Crippen LogP contribution is 2.32. The van der Waals surface area contributed by atoms with Crippen LogP contribution in [0.2, 0.25) is 5.02 Å². The van der Waals surface area contributed by atoms with Gasteiger partial charge in [-0.1, -0.05) is 17.7 Å². The highest BCUT2D eigenvalue weighted by atomic mass is 35.5. The van der Waals surface area contributed by atoms with E-state index in [4.69, 9.17) is 11.6 Å². The number of anilines is 1. The number of hydrogen-bond acceptors (Lipinski definition) is 5. The van der Waals surface area contributed by atoms with Crippen LogP contribution < -0.4 is 4.31 Å². The van der Waals surface area contributed by atoms with Crippen molar-refractivity contribution in [2.45, 2.75) is 18.7 Å². The fourth-order valence-corrected chi connectivity index (χ4v) is 3.69. The number of benzene rings is 1. The van der Waals surface area contributed by atoms with Crippen molar-refractivity contribution in [1.29, 1.82) is 0 Å². The summed E-state index contributed by atoms with van der Waals surface area (Å²) in [6.07, 6.45) is 0. The number of non-ortho nitro benzene ring substituents is 1. The van der Waals surface area contributed by atoms with Gasteiger partial charge in [0.15, 0.2) is 0 Å². The molecule has 0 aliphatic rings. The summed E-state index contributed by atoms with van der Waals surface area (Å²) in [7, 11) is -2.76. The highest BCUT2D eigenvalue weighted by molar-refractivity contribution is 7.93. The van der Waals surface area contributed by atoms with Crippen LogP contribution in [0.4, 0.5) is 11.5 Å². The molecule has 0 saturated carbocycles. The van der Waals surface area contributed by atoms with Crippen LogP contribution in [0, 0.1) is 24.0 Å². The quantitative estimate of drug-likeness (QED) is 0.620. The normalized spacial score (nSPS) is 11.3. The average Bonchev–Trinajstić information content (AvgIpc) is 2.48. The van der Waals surface area contributed by atoms with Crippen molar-refractivity contribution in [2.24, 2.45) is 0 Å². The van der Waals surface area contributed by atoms with Crippen LogP contribution in [0.1, 0.15) is 11.3 Å². The van der Waals surface area contributed by atoms with Crippen molar-refractivity contribution in [3.63, 3.8) is 0 Å². The van der Waals surface area contributed by atoms with E-state index in [2.05, 4.69) is 4.98 Å². The molecule has 0 atom stereocenters. The van der Waals surface area contributed by atoms with Gasteiger partial charge in [0.2, 0.25) is 0 Å². The maximum absolute atomic E-state index is 12.8. The maximum Gasteiger partial charge on any atom is 0.271 e. The van der Waals surface area contributed by atoms with Gasteiger partial charge in [0.05, 0.1) is 9.95 Å². The first-order valence-electron chi connectivity index (χ1n) is 6.51. The maximum atomic E-state index is 12.8. The first-order valence-corrected chi connectivity index (χ1v) is 8.33. The first-order chi connectivity index (χ1) is 10.6. The molecule has 0 amide bonds. The largest absolute Gasteiger partial charge is 0.271 e. The number of sulfonamides is 1. The zero-order valence-electron chi connectivity index (χ0n) is 12.6. The third-order valence-electron chi connectivity index (χ3n) is 3.25. The molecule has 0 spiro atoms. The van der Waals surface area contributed by atoms with Gasteiger partial charge in [-0.15, -0.1) is 0 Å². The summed E-state index contributed by atoms with van der Waals surface area (Å²) in [5.41, 5.74) is 0.618. The van der Waals surface area contributed by atoms with E-state index in [9.17, 15) is 18.5 Å². The molecule has 0 radical (unpaired) electrons. The zero-order valence-corrected chi connectivity index (χ0v) is 14.2. The topological polar surface area (TPSA) is 93.4 Å². The molecule has 122 valence electrons. The molecule has 2 rings (SSSR count). The van der Waals surface area contributed by atoms with Gasteiger partial charge in [-0.25, -0.2) is 13.4 Å². The van der Waals surface area contributed by atoms with Crippen molar-refractivity contribution in [1.82, 2.24) is 4.98 Å². The summed E-state index contributed by atoms with van der Waals surface area (Å²) >= 11 is 6.07. The third kappa shape index (κ3) is 3.27. The summed E-state index contributed by atoms with van der Waals surface area (Å²) in [5, 5.41) is 10.9. The Labute approximate surface area is 138 Å². The minimum absolute atomic E-state index is 0.0462. The molecular formula is C14H14ClN3O4S. The van der Waals surface area contributed by atoms with Gasteiger partial charge in [0, 0.05) is 24.9 Å². The van der Waals surface area contributed by atoms with Crippen molar-refractivity contribution < 1.29 is 13.3 Å². The fourth-order valence-electron chi connectivity index (χ4n) is 1.99. The van der Waals surface area contributed by atoms with E-state index in [0.29, 0.717) is 11.3 Å². The van der Waals surface area contributed by atoms with E-state index >= 15 is 0 Å². The molecule has 0 aliphatic carbocycles. The lowest BCUT2D eigenvalue weighted by atomic mass is 10.2. The van der Waals surface area contributed by atoms with Crippen molar-refractivity contribution >= 4 is 33.1 Å². The second-order valence-corrected chi connectivity index (χ2v) is 7.26. The molecule has 7 nitrogen and oxygen atoms in total. The van der Waals surface area contributed by atoms with E-state index in [0.717, 1.165) is 10.4 Å². The minimum Gasteiger partial charge on any atom is -0.258 e. The molecule has 1 aromatic heterocycles. The predicted octanol–water partition coefficient (Wildman–Crippen LogP) is 3.09. The number of nitro groups is 1. The highest BCUT2D eigenvalue weighted by Gasteiger charge is 2.28. The Morgan fingerprint density at radius 3 is 2.48 bits per heavy atom. The molecule has 2 aromatic rings. The number of hydrogen-bond donors (Lipinski definition) is 0. The van der Waals surface area contributed by atoms with Crippen LogP contribution in [0.5, 0.6) is 0 Å². The van der Waals surface area contributed by atoms with Crippen LogP contribution in [0.25, 0.3) is 0 Å². The molecule has 0 saturated heterocycles. The Hall–Kier alpha value is -2.19. The van der Waals surface area contributed by atoms with Gasteiger partial charge in [0.1, 0.15) is 10.7 Å². The molecule has 0 fully saturated rings. The van der Waals surface area contributed by atoms with Gasteiger partial charge >= 0.3 is 0 Å². The monoisotopic (exact) mass is 355 g/mol. The summed E-state index contributed by atoms with van der Waals surface area (Å²) in [5.74, 6) is 0.199. The van der Waals surface area contributed by atoms with Crippen LogP contribution in [0.3, 0.4) is 0 Å². The number of aromatic nitrogens is 1. The molecule has 0 bridgehead atoms. The van der Waals surface area contributed by atoms with Crippen LogP contribution in [0.15, 0.2) is 35.2 Å². The van der Waals surface area contributed by atoms with Crippen LogP contribution >= 0.6 is 11.6 Å². The number of rotatable bonds is 4. The molecule has 9 heteroatoms.